The highest BCUT2D eigenvalue weighted by Crippen LogP contribution is 2.33. The Hall–Kier alpha value is -2.80. The number of thioether (sulfide) groups is 1. The van der Waals surface area contributed by atoms with Crippen LogP contribution in [0.5, 0.6) is 5.75 Å². The monoisotopic (exact) mass is 539 g/mol. The molecule has 2 aromatic carbocycles. The van der Waals surface area contributed by atoms with E-state index < -0.39 is 5.97 Å². The third kappa shape index (κ3) is 10.5. The minimum absolute atomic E-state index is 0.310. The van der Waals surface area contributed by atoms with Crippen molar-refractivity contribution in [1.82, 2.24) is 5.32 Å². The minimum Gasteiger partial charge on any atom is -0.493 e. The lowest BCUT2D eigenvalue weighted by atomic mass is 10.0. The summed E-state index contributed by atoms with van der Waals surface area (Å²) in [6, 6.07) is 11.9. The van der Waals surface area contributed by atoms with Gasteiger partial charge < -0.3 is 9.84 Å². The Bertz CT molecular complexity index is 1100. The van der Waals surface area contributed by atoms with Crippen LogP contribution in [0.4, 0.5) is 4.79 Å². The number of hydrogen-bond acceptors (Lipinski definition) is 5. The van der Waals surface area contributed by atoms with Crippen LogP contribution in [0.1, 0.15) is 102 Å². The zero-order chi connectivity index (χ0) is 27.0. The molecule has 206 valence electrons. The maximum Gasteiger partial charge on any atom is 0.303 e. The number of carbonyl (C=O) groups is 3. The van der Waals surface area contributed by atoms with Crippen molar-refractivity contribution in [2.75, 3.05) is 6.61 Å². The molecule has 0 spiro atoms. The van der Waals surface area contributed by atoms with Crippen molar-refractivity contribution in [3.63, 3.8) is 0 Å². The number of fused-ring (bicyclic) bond motifs is 1. The maximum atomic E-state index is 11.9. The number of unbranched alkanes of at least 4 members (excludes halogenated alkanes) is 13. The molecular weight excluding hydrogens is 498 g/mol. The van der Waals surface area contributed by atoms with Gasteiger partial charge >= 0.3 is 5.97 Å². The van der Waals surface area contributed by atoms with Crippen LogP contribution in [0.2, 0.25) is 0 Å². The second-order valence-corrected chi connectivity index (χ2v) is 11.0. The molecule has 2 amide bonds. The Kier molecular flexibility index (Phi) is 13.2. The molecule has 0 aromatic heterocycles. The second-order valence-electron chi connectivity index (χ2n) is 9.99. The maximum absolute atomic E-state index is 11.9. The summed E-state index contributed by atoms with van der Waals surface area (Å²) in [5, 5.41) is 12.6. The van der Waals surface area contributed by atoms with Crippen LogP contribution in [0.25, 0.3) is 16.8 Å². The fraction of sp³-hybridized carbons (Fsp3) is 0.516. The van der Waals surface area contributed by atoms with E-state index in [9.17, 15) is 14.4 Å². The van der Waals surface area contributed by atoms with E-state index in [4.69, 9.17) is 9.84 Å². The van der Waals surface area contributed by atoms with Crippen molar-refractivity contribution in [3.05, 3.63) is 46.9 Å². The number of carboxylic acids is 1. The molecule has 7 heteroatoms. The molecule has 2 aromatic rings. The molecule has 1 saturated heterocycles. The van der Waals surface area contributed by atoms with Crippen molar-refractivity contribution in [2.45, 2.75) is 96.3 Å². The fourth-order valence-corrected chi connectivity index (χ4v) is 5.46. The van der Waals surface area contributed by atoms with E-state index in [1.807, 2.05) is 36.4 Å². The highest BCUT2D eigenvalue weighted by atomic mass is 32.2. The van der Waals surface area contributed by atoms with Crippen molar-refractivity contribution in [1.29, 1.82) is 0 Å². The normalized spacial score (nSPS) is 14.4. The van der Waals surface area contributed by atoms with E-state index in [0.717, 1.165) is 53.1 Å². The molecule has 0 bridgehead atoms. The second kappa shape index (κ2) is 16.9. The lowest BCUT2D eigenvalue weighted by molar-refractivity contribution is -0.137. The summed E-state index contributed by atoms with van der Waals surface area (Å²) in [5.74, 6) is -0.174. The van der Waals surface area contributed by atoms with Crippen molar-refractivity contribution in [2.24, 2.45) is 0 Å². The van der Waals surface area contributed by atoms with Crippen molar-refractivity contribution in [3.8, 4) is 5.75 Å². The summed E-state index contributed by atoms with van der Waals surface area (Å²) in [5.41, 5.74) is 0.897. The zero-order valence-corrected chi connectivity index (χ0v) is 23.2. The average molecular weight is 540 g/mol. The SMILES string of the molecule is O=C(O)CCCCCCCCCCCCCCCCOc1ccc(C=C2SC(=O)NC2=O)c2ccccc12. The molecule has 38 heavy (non-hydrogen) atoms. The first-order valence-corrected chi connectivity index (χ1v) is 15.0. The first-order chi connectivity index (χ1) is 18.5. The molecule has 3 rings (SSSR count). The van der Waals surface area contributed by atoms with E-state index in [1.165, 1.54) is 70.6 Å². The quantitative estimate of drug-likeness (QED) is 0.137. The number of carboxylic acid groups (broad SMARTS) is 1. The molecule has 6 nitrogen and oxygen atoms in total. The molecule has 0 saturated carbocycles. The largest absolute Gasteiger partial charge is 0.493 e. The Labute approximate surface area is 230 Å². The summed E-state index contributed by atoms with van der Waals surface area (Å²) in [6.45, 7) is 0.688. The molecule has 0 atom stereocenters. The summed E-state index contributed by atoms with van der Waals surface area (Å²) in [7, 11) is 0. The molecule has 1 fully saturated rings. The number of aliphatic carboxylic acids is 1. The van der Waals surface area contributed by atoms with Crippen LogP contribution in [0.15, 0.2) is 41.3 Å². The summed E-state index contributed by atoms with van der Waals surface area (Å²) < 4.78 is 6.12. The Balaban J connectivity index is 1.24. The topological polar surface area (TPSA) is 92.7 Å². The first-order valence-electron chi connectivity index (χ1n) is 14.2. The first kappa shape index (κ1) is 29.8. The van der Waals surface area contributed by atoms with E-state index in [0.29, 0.717) is 17.9 Å². The molecule has 2 N–H and O–H groups in total. The van der Waals surface area contributed by atoms with E-state index >= 15 is 0 Å². The average Bonchev–Trinajstić information content (AvgIpc) is 3.22. The van der Waals surface area contributed by atoms with Gasteiger partial charge in [-0.25, -0.2) is 0 Å². The molecule has 0 unspecified atom stereocenters. The van der Waals surface area contributed by atoms with Gasteiger partial charge in [-0.1, -0.05) is 107 Å². The Morgan fingerprint density at radius 2 is 1.32 bits per heavy atom. The molecule has 0 radical (unpaired) electrons. The predicted molar refractivity (Wildman–Crippen MR) is 155 cm³/mol. The summed E-state index contributed by atoms with van der Waals surface area (Å²) >= 11 is 0.931. The molecular formula is C31H41NO5S. The van der Waals surface area contributed by atoms with Crippen LogP contribution < -0.4 is 10.1 Å². The molecule has 0 aliphatic carbocycles. The van der Waals surface area contributed by atoms with E-state index in [-0.39, 0.29) is 11.1 Å². The van der Waals surface area contributed by atoms with Gasteiger partial charge in [0.1, 0.15) is 5.75 Å². The van der Waals surface area contributed by atoms with E-state index in [1.54, 1.807) is 6.08 Å². The third-order valence-electron chi connectivity index (χ3n) is 6.89. The summed E-state index contributed by atoms with van der Waals surface area (Å²) in [4.78, 5) is 34.3. The van der Waals surface area contributed by atoms with Crippen molar-refractivity contribution >= 4 is 45.7 Å². The fourth-order valence-electron chi connectivity index (χ4n) is 4.79. The zero-order valence-electron chi connectivity index (χ0n) is 22.3. The third-order valence-corrected chi connectivity index (χ3v) is 7.70. The number of imide groups is 1. The van der Waals surface area contributed by atoms with Gasteiger partial charge in [-0.05, 0) is 47.7 Å². The molecule has 1 aliphatic heterocycles. The number of nitrogens with one attached hydrogen (secondary N) is 1. The van der Waals surface area contributed by atoms with Gasteiger partial charge in [-0.2, -0.15) is 0 Å². The Morgan fingerprint density at radius 1 is 0.763 bits per heavy atom. The molecule has 1 aliphatic rings. The number of carbonyl (C=O) groups excluding carboxylic acids is 2. The predicted octanol–water partition coefficient (Wildman–Crippen LogP) is 8.48. The van der Waals surface area contributed by atoms with Gasteiger partial charge in [0, 0.05) is 11.8 Å². The summed E-state index contributed by atoms with van der Waals surface area (Å²) in [6.07, 6.45) is 18.9. The van der Waals surface area contributed by atoms with Crippen LogP contribution in [-0.4, -0.2) is 28.8 Å². The van der Waals surface area contributed by atoms with Crippen LogP contribution >= 0.6 is 11.8 Å². The van der Waals surface area contributed by atoms with Gasteiger partial charge in [-0.15, -0.1) is 0 Å². The van der Waals surface area contributed by atoms with Gasteiger partial charge in [0.2, 0.25) is 0 Å². The van der Waals surface area contributed by atoms with Gasteiger partial charge in [-0.3, -0.25) is 19.7 Å². The highest BCUT2D eigenvalue weighted by Gasteiger charge is 2.25. The van der Waals surface area contributed by atoms with Crippen LogP contribution in [0, 0.1) is 0 Å². The number of benzene rings is 2. The van der Waals surface area contributed by atoms with Crippen molar-refractivity contribution < 1.29 is 24.2 Å². The lowest BCUT2D eigenvalue weighted by Crippen LogP contribution is -2.17. The minimum atomic E-state index is -0.679. The molecule has 1 heterocycles. The highest BCUT2D eigenvalue weighted by molar-refractivity contribution is 8.18. The number of hydrogen-bond donors (Lipinski definition) is 2. The number of rotatable bonds is 19. The van der Waals surface area contributed by atoms with Gasteiger partial charge in [0.25, 0.3) is 11.1 Å². The van der Waals surface area contributed by atoms with E-state index in [2.05, 4.69) is 5.32 Å². The smallest absolute Gasteiger partial charge is 0.303 e. The number of amides is 2. The van der Waals surface area contributed by atoms with Crippen LogP contribution in [0.3, 0.4) is 0 Å². The van der Waals surface area contributed by atoms with Gasteiger partial charge in [0.05, 0.1) is 11.5 Å². The van der Waals surface area contributed by atoms with Crippen LogP contribution in [-0.2, 0) is 9.59 Å². The number of ether oxygens (including phenoxy) is 1. The standard InChI is InChI=1S/C31H41NO5S/c33-29(34)19-13-11-9-7-5-3-1-2-4-6-8-10-12-16-22-37-27-21-20-24(25-17-14-15-18-26(25)27)23-28-30(35)32-31(36)38-28/h14-15,17-18,20-21,23H,1-13,16,19,22H2,(H,33,34)(H,32,35,36). The Morgan fingerprint density at radius 3 is 1.87 bits per heavy atom. The lowest BCUT2D eigenvalue weighted by Gasteiger charge is -2.11. The van der Waals surface area contributed by atoms with Gasteiger partial charge in [0.15, 0.2) is 0 Å².